The SMILES string of the molecule is CCC/C=C\C/C=C\CCCCCCCC(=O)OC(COC(=O)CCCCCCC/C=C\CCCC)COP(=O)(O)OCC(N)C(=O)O. The van der Waals surface area contributed by atoms with E-state index in [1.54, 1.807) is 0 Å². The number of ether oxygens (including phenoxy) is 2. The first kappa shape index (κ1) is 45.7. The topological polar surface area (TPSA) is 172 Å². The molecule has 48 heavy (non-hydrogen) atoms. The second-order valence-electron chi connectivity index (χ2n) is 12.0. The van der Waals surface area contributed by atoms with Crippen LogP contribution in [-0.2, 0) is 37.5 Å². The van der Waals surface area contributed by atoms with E-state index >= 15 is 0 Å². The van der Waals surface area contributed by atoms with Gasteiger partial charge in [0.15, 0.2) is 6.10 Å². The highest BCUT2D eigenvalue weighted by molar-refractivity contribution is 7.47. The second kappa shape index (κ2) is 31.9. The number of carboxylic acids is 1. The summed E-state index contributed by atoms with van der Waals surface area (Å²) >= 11 is 0. The molecule has 0 aliphatic rings. The van der Waals surface area contributed by atoms with Crippen molar-refractivity contribution in [2.45, 2.75) is 154 Å². The van der Waals surface area contributed by atoms with Gasteiger partial charge in [0.25, 0.3) is 0 Å². The fraction of sp³-hybridized carbons (Fsp3) is 0.750. The number of aliphatic carboxylic acids is 1. The van der Waals surface area contributed by atoms with Crippen molar-refractivity contribution in [2.24, 2.45) is 5.73 Å². The molecule has 0 amide bonds. The van der Waals surface area contributed by atoms with E-state index in [1.807, 2.05) is 0 Å². The maximum absolute atomic E-state index is 12.5. The Labute approximate surface area is 289 Å². The predicted molar refractivity (Wildman–Crippen MR) is 189 cm³/mol. The molecule has 278 valence electrons. The van der Waals surface area contributed by atoms with Gasteiger partial charge in [-0.3, -0.25) is 23.4 Å². The first-order chi connectivity index (χ1) is 23.1. The number of carbonyl (C=O) groups is 3. The van der Waals surface area contributed by atoms with Gasteiger partial charge in [0.2, 0.25) is 0 Å². The summed E-state index contributed by atoms with van der Waals surface area (Å²) in [6, 6.07) is -1.52. The molecule has 4 N–H and O–H groups in total. The number of nitrogens with two attached hydrogens (primary N) is 1. The van der Waals surface area contributed by atoms with Gasteiger partial charge < -0.3 is 25.2 Å². The maximum atomic E-state index is 12.5. The van der Waals surface area contributed by atoms with Crippen molar-refractivity contribution >= 4 is 25.7 Å². The Morgan fingerprint density at radius 1 is 0.646 bits per heavy atom. The van der Waals surface area contributed by atoms with Crippen LogP contribution in [0.4, 0.5) is 0 Å². The van der Waals surface area contributed by atoms with Gasteiger partial charge in [0, 0.05) is 12.8 Å². The van der Waals surface area contributed by atoms with E-state index in [1.165, 1.54) is 12.8 Å². The average Bonchev–Trinajstić information content (AvgIpc) is 3.05. The minimum atomic E-state index is -4.71. The van der Waals surface area contributed by atoms with E-state index in [9.17, 15) is 23.8 Å². The Morgan fingerprint density at radius 3 is 1.73 bits per heavy atom. The van der Waals surface area contributed by atoms with Crippen molar-refractivity contribution in [2.75, 3.05) is 19.8 Å². The van der Waals surface area contributed by atoms with Gasteiger partial charge >= 0.3 is 25.7 Å². The van der Waals surface area contributed by atoms with Crippen LogP contribution >= 0.6 is 7.82 Å². The molecule has 3 atom stereocenters. The number of phosphoric ester groups is 1. The number of hydrogen-bond acceptors (Lipinski definition) is 9. The molecule has 0 fully saturated rings. The van der Waals surface area contributed by atoms with E-state index in [0.717, 1.165) is 89.9 Å². The zero-order valence-electron chi connectivity index (χ0n) is 29.6. The van der Waals surface area contributed by atoms with Crippen LogP contribution < -0.4 is 5.73 Å². The van der Waals surface area contributed by atoms with Crippen LogP contribution in [0.1, 0.15) is 142 Å². The van der Waals surface area contributed by atoms with Gasteiger partial charge in [-0.2, -0.15) is 0 Å². The van der Waals surface area contributed by atoms with Crippen molar-refractivity contribution in [1.29, 1.82) is 0 Å². The van der Waals surface area contributed by atoms with Crippen LogP contribution in [0.2, 0.25) is 0 Å². The van der Waals surface area contributed by atoms with Crippen molar-refractivity contribution in [3.63, 3.8) is 0 Å². The molecule has 0 spiro atoms. The quantitative estimate of drug-likeness (QED) is 0.0259. The third-order valence-corrected chi connectivity index (χ3v) is 8.29. The van der Waals surface area contributed by atoms with Crippen molar-refractivity contribution in [3.05, 3.63) is 36.5 Å². The lowest BCUT2D eigenvalue weighted by Gasteiger charge is -2.20. The average molecular weight is 702 g/mol. The lowest BCUT2D eigenvalue weighted by molar-refractivity contribution is -0.161. The summed E-state index contributed by atoms with van der Waals surface area (Å²) in [5.74, 6) is -2.42. The molecule has 0 heterocycles. The highest BCUT2D eigenvalue weighted by Crippen LogP contribution is 2.43. The zero-order chi connectivity index (χ0) is 35.7. The Kier molecular flexibility index (Phi) is 30.4. The van der Waals surface area contributed by atoms with Gasteiger partial charge in [0.05, 0.1) is 13.2 Å². The van der Waals surface area contributed by atoms with Crippen LogP contribution in [-0.4, -0.2) is 59.9 Å². The standard InChI is InChI=1S/C36H64NO10P/c1-3-5-7-9-11-13-15-16-18-20-22-24-26-28-35(39)47-32(30-45-48(42,43)46-31-33(37)36(40)41)29-44-34(38)27-25-23-21-19-17-14-12-10-8-6-4-2/h7,9-10,12-13,15,32-33H,3-6,8,11,14,16-31,37H2,1-2H3,(H,40,41)(H,42,43)/b9-7-,12-10-,15-13-. The lowest BCUT2D eigenvalue weighted by Crippen LogP contribution is -2.34. The number of carboxylic acid groups (broad SMARTS) is 1. The number of esters is 2. The summed E-state index contributed by atoms with van der Waals surface area (Å²) in [5.41, 5.74) is 5.30. The maximum Gasteiger partial charge on any atom is 0.472 e. The molecule has 0 radical (unpaired) electrons. The molecule has 12 heteroatoms. The molecule has 0 aliphatic carbocycles. The molecule has 0 saturated heterocycles. The number of carbonyl (C=O) groups excluding carboxylic acids is 2. The number of allylic oxidation sites excluding steroid dienone is 6. The number of hydrogen-bond donors (Lipinski definition) is 3. The van der Waals surface area contributed by atoms with Gasteiger partial charge in [-0.25, -0.2) is 4.57 Å². The number of phosphoric acid groups is 1. The lowest BCUT2D eigenvalue weighted by atomic mass is 10.1. The molecule has 11 nitrogen and oxygen atoms in total. The van der Waals surface area contributed by atoms with E-state index in [2.05, 4.69) is 54.8 Å². The minimum absolute atomic E-state index is 0.143. The fourth-order valence-electron chi connectivity index (χ4n) is 4.43. The molecule has 0 aromatic heterocycles. The third kappa shape index (κ3) is 31.0. The first-order valence-electron chi connectivity index (χ1n) is 18.0. The Morgan fingerprint density at radius 2 is 1.15 bits per heavy atom. The molecular weight excluding hydrogens is 637 g/mol. The minimum Gasteiger partial charge on any atom is -0.480 e. The molecule has 0 bridgehead atoms. The summed E-state index contributed by atoms with van der Waals surface area (Å²) in [4.78, 5) is 45.6. The number of unbranched alkanes of at least 4 members (excludes halogenated alkanes) is 13. The highest BCUT2D eigenvalue weighted by atomic mass is 31.2. The van der Waals surface area contributed by atoms with Crippen molar-refractivity contribution in [3.8, 4) is 0 Å². The molecule has 0 aromatic carbocycles. The van der Waals surface area contributed by atoms with E-state index in [4.69, 9.17) is 24.8 Å². The zero-order valence-corrected chi connectivity index (χ0v) is 30.5. The van der Waals surface area contributed by atoms with Crippen LogP contribution in [0, 0.1) is 0 Å². The van der Waals surface area contributed by atoms with E-state index in [-0.39, 0.29) is 19.4 Å². The monoisotopic (exact) mass is 701 g/mol. The second-order valence-corrected chi connectivity index (χ2v) is 13.4. The predicted octanol–water partition coefficient (Wildman–Crippen LogP) is 8.50. The summed E-state index contributed by atoms with van der Waals surface area (Å²) in [6.07, 6.45) is 30.8. The summed E-state index contributed by atoms with van der Waals surface area (Å²) < 4.78 is 32.5. The fourth-order valence-corrected chi connectivity index (χ4v) is 5.21. The molecule has 0 aromatic rings. The summed E-state index contributed by atoms with van der Waals surface area (Å²) in [5, 5.41) is 8.84. The van der Waals surface area contributed by atoms with Gasteiger partial charge in [-0.1, -0.05) is 108 Å². The smallest absolute Gasteiger partial charge is 0.472 e. The van der Waals surface area contributed by atoms with E-state index < -0.39 is 51.1 Å². The highest BCUT2D eigenvalue weighted by Gasteiger charge is 2.28. The van der Waals surface area contributed by atoms with Crippen LogP contribution in [0.5, 0.6) is 0 Å². The van der Waals surface area contributed by atoms with Gasteiger partial charge in [0.1, 0.15) is 12.6 Å². The molecule has 3 unspecified atom stereocenters. The Balaban J connectivity index is 4.52. The molecular formula is C36H64NO10P. The van der Waals surface area contributed by atoms with Gasteiger partial charge in [-0.05, 0) is 57.8 Å². The normalized spacial score (nSPS) is 14.4. The Bertz CT molecular complexity index is 968. The largest absolute Gasteiger partial charge is 0.480 e. The summed E-state index contributed by atoms with van der Waals surface area (Å²) in [7, 11) is -4.71. The van der Waals surface area contributed by atoms with Crippen LogP contribution in [0.15, 0.2) is 36.5 Å². The summed E-state index contributed by atoms with van der Waals surface area (Å²) in [6.45, 7) is 2.64. The first-order valence-corrected chi connectivity index (χ1v) is 19.5. The van der Waals surface area contributed by atoms with E-state index in [0.29, 0.717) is 12.8 Å². The molecule has 0 saturated carbocycles. The number of rotatable bonds is 33. The third-order valence-electron chi connectivity index (χ3n) is 7.34. The van der Waals surface area contributed by atoms with Crippen LogP contribution in [0.25, 0.3) is 0 Å². The molecule has 0 rings (SSSR count). The van der Waals surface area contributed by atoms with Crippen molar-refractivity contribution < 1.29 is 47.5 Å². The van der Waals surface area contributed by atoms with Gasteiger partial charge in [-0.15, -0.1) is 0 Å². The Hall–Kier alpha value is -2.30. The molecule has 0 aliphatic heterocycles. The van der Waals surface area contributed by atoms with Crippen molar-refractivity contribution in [1.82, 2.24) is 0 Å². The van der Waals surface area contributed by atoms with Crippen LogP contribution in [0.3, 0.4) is 0 Å².